The minimum Gasteiger partial charge on any atom is -0.506 e. The monoisotopic (exact) mass is 108 g/mol. The van der Waals surface area contributed by atoms with E-state index in [1.165, 1.54) is 19.3 Å². The van der Waals surface area contributed by atoms with Crippen molar-refractivity contribution in [2.24, 2.45) is 5.92 Å². The molecule has 3 atom stereocenters. The van der Waals surface area contributed by atoms with Crippen molar-refractivity contribution < 1.29 is 4.70 Å². The predicted molar refractivity (Wildman–Crippen MR) is 27.5 cm³/mol. The number of piperidine rings is 1. The first-order valence-corrected chi connectivity index (χ1v) is 3.31. The minimum atomic E-state index is 0.352. The summed E-state index contributed by atoms with van der Waals surface area (Å²) in [6.07, 6.45) is 3.84. The van der Waals surface area contributed by atoms with E-state index in [1.807, 2.05) is 0 Å². The van der Waals surface area contributed by atoms with Gasteiger partial charge in [0.25, 0.3) is 0 Å². The molecule has 0 aromatic rings. The van der Waals surface area contributed by atoms with Crippen molar-refractivity contribution in [3.8, 4) is 0 Å². The first-order valence-electron chi connectivity index (χ1n) is 3.31. The molecule has 2 heterocycles. The standard InChI is InChI=1S/C6H8N2/c7-8-5-1-4-2-6(4,8)3-5/h4-5H,1-3H2. The second kappa shape index (κ2) is 0.668. The van der Waals surface area contributed by atoms with Crippen LogP contribution in [0.2, 0.25) is 0 Å². The maximum atomic E-state index is 9.18. The first-order chi connectivity index (χ1) is 3.83. The summed E-state index contributed by atoms with van der Waals surface area (Å²) in [7, 11) is 0. The summed E-state index contributed by atoms with van der Waals surface area (Å²) in [4.78, 5) is 0. The molecule has 0 amide bonds. The highest BCUT2D eigenvalue weighted by atomic mass is 15.4. The van der Waals surface area contributed by atoms with Gasteiger partial charge < -0.3 is 10.2 Å². The fourth-order valence-electron chi connectivity index (χ4n) is 2.55. The zero-order valence-electron chi connectivity index (χ0n) is 4.67. The summed E-state index contributed by atoms with van der Waals surface area (Å²) in [6.45, 7) is 0. The zero-order chi connectivity index (χ0) is 5.35. The van der Waals surface area contributed by atoms with Crippen molar-refractivity contribution in [1.29, 1.82) is 0 Å². The van der Waals surface area contributed by atoms with E-state index in [1.54, 1.807) is 4.70 Å². The van der Waals surface area contributed by atoms with Crippen LogP contribution in [0.15, 0.2) is 0 Å². The Balaban J connectivity index is 2.20. The fourth-order valence-corrected chi connectivity index (χ4v) is 2.55. The van der Waals surface area contributed by atoms with Crippen molar-refractivity contribution in [2.75, 3.05) is 0 Å². The molecule has 0 aromatic heterocycles. The molecule has 2 heteroatoms. The van der Waals surface area contributed by atoms with E-state index in [-0.39, 0.29) is 0 Å². The van der Waals surface area contributed by atoms with Gasteiger partial charge in [-0.1, -0.05) is 0 Å². The maximum Gasteiger partial charge on any atom is 0.161 e. The smallest absolute Gasteiger partial charge is 0.161 e. The van der Waals surface area contributed by atoms with E-state index >= 15 is 0 Å². The molecule has 2 bridgehead atoms. The van der Waals surface area contributed by atoms with Crippen LogP contribution in [-0.4, -0.2) is 16.3 Å². The summed E-state index contributed by atoms with van der Waals surface area (Å²) in [5.41, 5.74) is 9.53. The van der Waals surface area contributed by atoms with Crippen LogP contribution < -0.4 is 0 Å². The summed E-state index contributed by atoms with van der Waals surface area (Å²) >= 11 is 0. The van der Waals surface area contributed by atoms with Crippen LogP contribution in [0.5, 0.6) is 0 Å². The molecule has 0 N–H and O–H groups in total. The fraction of sp³-hybridized carbons (Fsp3) is 1.00. The highest BCUT2D eigenvalue weighted by Crippen LogP contribution is 2.67. The first kappa shape index (κ1) is 3.59. The summed E-state index contributed by atoms with van der Waals surface area (Å²) in [5, 5.41) is 0. The molecule has 2 nitrogen and oxygen atoms in total. The van der Waals surface area contributed by atoms with E-state index in [0.717, 1.165) is 5.92 Å². The largest absolute Gasteiger partial charge is 0.506 e. The number of nitrogens with zero attached hydrogens (tertiary/aromatic N) is 2. The molecule has 4 fully saturated rings. The summed E-state index contributed by atoms with van der Waals surface area (Å²) in [5.74, 6) is 0.887. The SMILES string of the molecule is [N-]=[N+]1C2CC3CC31C2. The Bertz CT molecular complexity index is 185. The third-order valence-corrected chi connectivity index (χ3v) is 3.15. The van der Waals surface area contributed by atoms with E-state index in [0.29, 0.717) is 11.6 Å². The Morgan fingerprint density at radius 1 is 1.50 bits per heavy atom. The van der Waals surface area contributed by atoms with Gasteiger partial charge in [0.05, 0.1) is 6.42 Å². The van der Waals surface area contributed by atoms with Gasteiger partial charge >= 0.3 is 0 Å². The van der Waals surface area contributed by atoms with Crippen LogP contribution in [0, 0.1) is 5.92 Å². The third kappa shape index (κ3) is 0.156. The second-order valence-corrected chi connectivity index (χ2v) is 3.44. The van der Waals surface area contributed by atoms with Gasteiger partial charge in [-0.15, -0.1) is 0 Å². The quantitative estimate of drug-likeness (QED) is 0.413. The molecule has 2 aliphatic carbocycles. The number of rotatable bonds is 0. The van der Waals surface area contributed by atoms with Gasteiger partial charge in [0, 0.05) is 18.8 Å². The second-order valence-electron chi connectivity index (χ2n) is 3.44. The zero-order valence-corrected chi connectivity index (χ0v) is 4.67. The van der Waals surface area contributed by atoms with Crippen molar-refractivity contribution in [3.05, 3.63) is 5.53 Å². The van der Waals surface area contributed by atoms with Gasteiger partial charge in [0.1, 0.15) is 6.04 Å². The molecule has 0 aromatic carbocycles. The molecule has 4 rings (SSSR count). The van der Waals surface area contributed by atoms with Gasteiger partial charge in [0.15, 0.2) is 5.54 Å². The molecule has 2 saturated carbocycles. The molecule has 2 aliphatic heterocycles. The molecule has 3 unspecified atom stereocenters. The lowest BCUT2D eigenvalue weighted by Gasteiger charge is -2.30. The Morgan fingerprint density at radius 3 is 2.50 bits per heavy atom. The van der Waals surface area contributed by atoms with E-state index in [9.17, 15) is 5.53 Å². The topological polar surface area (TPSA) is 25.3 Å². The lowest BCUT2D eigenvalue weighted by molar-refractivity contribution is -0.681. The average molecular weight is 108 g/mol. The predicted octanol–water partition coefficient (Wildman–Crippen LogP) is 0.955. The van der Waals surface area contributed by atoms with Gasteiger partial charge in [-0.2, -0.15) is 0 Å². The molecular formula is C6H8N2. The normalized spacial score (nSPS) is 64.8. The lowest BCUT2D eigenvalue weighted by Crippen LogP contribution is -2.43. The molecule has 42 valence electrons. The van der Waals surface area contributed by atoms with Crippen LogP contribution in [0.25, 0.3) is 5.53 Å². The van der Waals surface area contributed by atoms with Crippen molar-refractivity contribution in [3.63, 3.8) is 0 Å². The van der Waals surface area contributed by atoms with Crippen LogP contribution in [0.1, 0.15) is 19.3 Å². The molecular weight excluding hydrogens is 100 g/mol. The lowest BCUT2D eigenvalue weighted by atomic mass is 10.0. The average Bonchev–Trinajstić information content (AvgIpc) is 2.33. The Kier molecular flexibility index (Phi) is 0.300. The van der Waals surface area contributed by atoms with Crippen LogP contribution in [-0.2, 0) is 0 Å². The van der Waals surface area contributed by atoms with Crippen LogP contribution in [0.3, 0.4) is 0 Å². The van der Waals surface area contributed by atoms with Crippen molar-refractivity contribution >= 4 is 0 Å². The molecule has 8 heavy (non-hydrogen) atoms. The van der Waals surface area contributed by atoms with Crippen LogP contribution in [0.4, 0.5) is 0 Å². The highest BCUT2D eigenvalue weighted by molar-refractivity contribution is 5.17. The number of hydrogen-bond donors (Lipinski definition) is 0. The van der Waals surface area contributed by atoms with Gasteiger partial charge in [-0.3, -0.25) is 0 Å². The Labute approximate surface area is 48.0 Å². The van der Waals surface area contributed by atoms with Crippen molar-refractivity contribution in [2.45, 2.75) is 30.8 Å². The Hall–Kier alpha value is -0.400. The molecule has 1 spiro atoms. The van der Waals surface area contributed by atoms with Gasteiger partial charge in [-0.25, -0.2) is 0 Å². The molecule has 2 saturated heterocycles. The summed E-state index contributed by atoms with van der Waals surface area (Å²) in [6, 6.07) is 0.564. The van der Waals surface area contributed by atoms with E-state index in [4.69, 9.17) is 0 Å². The number of hydrogen-bond acceptors (Lipinski definition) is 0. The van der Waals surface area contributed by atoms with Crippen molar-refractivity contribution in [1.82, 2.24) is 0 Å². The highest BCUT2D eigenvalue weighted by Gasteiger charge is 2.78. The van der Waals surface area contributed by atoms with E-state index in [2.05, 4.69) is 0 Å². The minimum absolute atomic E-state index is 0.352. The van der Waals surface area contributed by atoms with E-state index < -0.39 is 0 Å². The maximum absolute atomic E-state index is 9.18. The van der Waals surface area contributed by atoms with Crippen LogP contribution >= 0.6 is 0 Å². The van der Waals surface area contributed by atoms with Gasteiger partial charge in [0.2, 0.25) is 0 Å². The molecule has 0 radical (unpaired) electrons. The van der Waals surface area contributed by atoms with Gasteiger partial charge in [-0.05, 0) is 0 Å². The third-order valence-electron chi connectivity index (χ3n) is 3.15. The Morgan fingerprint density at radius 2 is 2.38 bits per heavy atom. The molecule has 4 aliphatic rings. The summed E-state index contributed by atoms with van der Waals surface area (Å²) < 4.78 is 1.59.